The van der Waals surface area contributed by atoms with Crippen molar-refractivity contribution in [3.63, 3.8) is 0 Å². The Morgan fingerprint density at radius 1 is 1.00 bits per heavy atom. The lowest BCUT2D eigenvalue weighted by Gasteiger charge is -2.17. The summed E-state index contributed by atoms with van der Waals surface area (Å²) in [4.78, 5) is 22.3. The molecule has 0 aliphatic heterocycles. The largest absolute Gasteiger partial charge is 0.463 e. The molecule has 0 amide bonds. The van der Waals surface area contributed by atoms with Crippen LogP contribution in [0, 0.1) is 0 Å². The Bertz CT molecular complexity index is 265. The molecular formula is C14H26O5. The van der Waals surface area contributed by atoms with Gasteiger partial charge in [0.1, 0.15) is 12.7 Å². The van der Waals surface area contributed by atoms with Gasteiger partial charge in [0.25, 0.3) is 0 Å². The van der Waals surface area contributed by atoms with E-state index >= 15 is 0 Å². The lowest BCUT2D eigenvalue weighted by molar-refractivity contribution is -0.154. The molecule has 0 spiro atoms. The van der Waals surface area contributed by atoms with Crippen LogP contribution in [0.4, 0.5) is 0 Å². The SMILES string of the molecule is CCCCC(=O)OC(C)COC(C)COC(=O)CC. The first-order valence-electron chi connectivity index (χ1n) is 6.96. The van der Waals surface area contributed by atoms with Gasteiger partial charge >= 0.3 is 11.9 Å². The minimum Gasteiger partial charge on any atom is -0.463 e. The van der Waals surface area contributed by atoms with Crippen molar-refractivity contribution in [1.82, 2.24) is 0 Å². The number of rotatable bonds is 10. The molecule has 0 aliphatic rings. The molecule has 0 aromatic carbocycles. The summed E-state index contributed by atoms with van der Waals surface area (Å²) < 4.78 is 15.6. The minimum absolute atomic E-state index is 0.192. The molecule has 0 fully saturated rings. The highest BCUT2D eigenvalue weighted by Crippen LogP contribution is 2.02. The highest BCUT2D eigenvalue weighted by molar-refractivity contribution is 5.69. The van der Waals surface area contributed by atoms with Crippen LogP contribution in [-0.4, -0.2) is 37.4 Å². The van der Waals surface area contributed by atoms with Crippen molar-refractivity contribution in [3.05, 3.63) is 0 Å². The smallest absolute Gasteiger partial charge is 0.306 e. The van der Waals surface area contributed by atoms with Gasteiger partial charge in [-0.2, -0.15) is 0 Å². The van der Waals surface area contributed by atoms with Crippen molar-refractivity contribution in [2.75, 3.05) is 13.2 Å². The van der Waals surface area contributed by atoms with Gasteiger partial charge in [-0.3, -0.25) is 9.59 Å². The van der Waals surface area contributed by atoms with Crippen LogP contribution in [0.5, 0.6) is 0 Å². The van der Waals surface area contributed by atoms with Gasteiger partial charge in [0.15, 0.2) is 0 Å². The second-order valence-electron chi connectivity index (χ2n) is 4.58. The summed E-state index contributed by atoms with van der Waals surface area (Å²) >= 11 is 0. The fourth-order valence-corrected chi connectivity index (χ4v) is 1.30. The summed E-state index contributed by atoms with van der Waals surface area (Å²) in [6, 6.07) is 0. The lowest BCUT2D eigenvalue weighted by atomic mass is 10.2. The molecule has 0 heterocycles. The van der Waals surface area contributed by atoms with Crippen LogP contribution < -0.4 is 0 Å². The van der Waals surface area contributed by atoms with Crippen LogP contribution in [0.3, 0.4) is 0 Å². The second kappa shape index (κ2) is 10.8. The zero-order valence-corrected chi connectivity index (χ0v) is 12.4. The monoisotopic (exact) mass is 274 g/mol. The van der Waals surface area contributed by atoms with E-state index < -0.39 is 0 Å². The van der Waals surface area contributed by atoms with Crippen LogP contribution in [-0.2, 0) is 23.8 Å². The molecule has 0 aromatic heterocycles. The van der Waals surface area contributed by atoms with Crippen LogP contribution in [0.1, 0.15) is 53.4 Å². The van der Waals surface area contributed by atoms with E-state index in [9.17, 15) is 9.59 Å². The maximum atomic E-state index is 11.4. The van der Waals surface area contributed by atoms with Crippen LogP contribution >= 0.6 is 0 Å². The van der Waals surface area contributed by atoms with E-state index in [-0.39, 0.29) is 30.8 Å². The van der Waals surface area contributed by atoms with E-state index in [0.717, 1.165) is 12.8 Å². The summed E-state index contributed by atoms with van der Waals surface area (Å²) in [7, 11) is 0. The zero-order valence-electron chi connectivity index (χ0n) is 12.4. The third-order valence-corrected chi connectivity index (χ3v) is 2.45. The van der Waals surface area contributed by atoms with Crippen molar-refractivity contribution in [1.29, 1.82) is 0 Å². The number of esters is 2. The van der Waals surface area contributed by atoms with Gasteiger partial charge in [0.2, 0.25) is 0 Å². The van der Waals surface area contributed by atoms with Gasteiger partial charge in [-0.05, 0) is 20.3 Å². The molecule has 0 bridgehead atoms. The molecule has 0 saturated heterocycles. The Morgan fingerprint density at radius 3 is 2.26 bits per heavy atom. The molecule has 5 heteroatoms. The molecule has 0 rings (SSSR count). The normalized spacial score (nSPS) is 13.7. The molecule has 19 heavy (non-hydrogen) atoms. The van der Waals surface area contributed by atoms with E-state index in [2.05, 4.69) is 0 Å². The van der Waals surface area contributed by atoms with Gasteiger partial charge < -0.3 is 14.2 Å². The molecule has 2 unspecified atom stereocenters. The van der Waals surface area contributed by atoms with Crippen LogP contribution in [0.2, 0.25) is 0 Å². The lowest BCUT2D eigenvalue weighted by Crippen LogP contribution is -2.26. The number of carbonyl (C=O) groups excluding carboxylic acids is 2. The first-order chi connectivity index (χ1) is 8.99. The van der Waals surface area contributed by atoms with E-state index in [1.807, 2.05) is 13.8 Å². The number of hydrogen-bond donors (Lipinski definition) is 0. The van der Waals surface area contributed by atoms with Crippen LogP contribution in [0.15, 0.2) is 0 Å². The van der Waals surface area contributed by atoms with Crippen molar-refractivity contribution in [3.8, 4) is 0 Å². The summed E-state index contributed by atoms with van der Waals surface area (Å²) in [5, 5.41) is 0. The zero-order chi connectivity index (χ0) is 14.7. The molecule has 0 saturated carbocycles. The summed E-state index contributed by atoms with van der Waals surface area (Å²) in [6.45, 7) is 7.90. The van der Waals surface area contributed by atoms with Gasteiger partial charge in [-0.25, -0.2) is 0 Å². The Balaban J connectivity index is 3.68. The van der Waals surface area contributed by atoms with E-state index in [0.29, 0.717) is 19.4 Å². The predicted molar refractivity (Wildman–Crippen MR) is 71.7 cm³/mol. The van der Waals surface area contributed by atoms with Crippen molar-refractivity contribution < 1.29 is 23.8 Å². The maximum Gasteiger partial charge on any atom is 0.306 e. The molecule has 5 nitrogen and oxygen atoms in total. The maximum absolute atomic E-state index is 11.4. The number of carbonyl (C=O) groups is 2. The third-order valence-electron chi connectivity index (χ3n) is 2.45. The van der Waals surface area contributed by atoms with Gasteiger partial charge in [0, 0.05) is 12.8 Å². The molecule has 112 valence electrons. The van der Waals surface area contributed by atoms with Crippen LogP contribution in [0.25, 0.3) is 0 Å². The average Bonchev–Trinajstić information content (AvgIpc) is 2.39. The van der Waals surface area contributed by atoms with Crippen molar-refractivity contribution in [2.45, 2.75) is 65.6 Å². The molecule has 2 atom stereocenters. The summed E-state index contributed by atoms with van der Waals surface area (Å²) in [6.07, 6.45) is 2.14. The molecular weight excluding hydrogens is 248 g/mol. The minimum atomic E-state index is -0.284. The Labute approximate surface area is 115 Å². The molecule has 0 aromatic rings. The van der Waals surface area contributed by atoms with Gasteiger partial charge in [-0.1, -0.05) is 20.3 Å². The van der Waals surface area contributed by atoms with E-state index in [1.54, 1.807) is 13.8 Å². The van der Waals surface area contributed by atoms with Gasteiger partial charge in [0.05, 0.1) is 12.7 Å². The standard InChI is InChI=1S/C14H26O5/c1-5-7-8-14(16)19-12(4)10-17-11(3)9-18-13(15)6-2/h11-12H,5-10H2,1-4H3. The number of ether oxygens (including phenoxy) is 3. The first kappa shape index (κ1) is 17.9. The second-order valence-corrected chi connectivity index (χ2v) is 4.58. The number of unbranched alkanes of at least 4 members (excludes halogenated alkanes) is 1. The average molecular weight is 274 g/mol. The van der Waals surface area contributed by atoms with Crippen molar-refractivity contribution in [2.24, 2.45) is 0 Å². The quantitative estimate of drug-likeness (QED) is 0.573. The third kappa shape index (κ3) is 10.5. The first-order valence-corrected chi connectivity index (χ1v) is 6.96. The van der Waals surface area contributed by atoms with E-state index in [4.69, 9.17) is 14.2 Å². The van der Waals surface area contributed by atoms with E-state index in [1.165, 1.54) is 0 Å². The molecule has 0 radical (unpaired) electrons. The fourth-order valence-electron chi connectivity index (χ4n) is 1.30. The van der Waals surface area contributed by atoms with Gasteiger partial charge in [-0.15, -0.1) is 0 Å². The summed E-state index contributed by atoms with van der Waals surface area (Å²) in [5.41, 5.74) is 0. The Hall–Kier alpha value is -1.10. The molecule has 0 N–H and O–H groups in total. The van der Waals surface area contributed by atoms with Crippen molar-refractivity contribution >= 4 is 11.9 Å². The Morgan fingerprint density at radius 2 is 1.68 bits per heavy atom. The highest BCUT2D eigenvalue weighted by Gasteiger charge is 2.12. The highest BCUT2D eigenvalue weighted by atomic mass is 16.6. The predicted octanol–water partition coefficient (Wildman–Crippen LogP) is 2.47. The topological polar surface area (TPSA) is 61.8 Å². The Kier molecular flexibility index (Phi) is 10.2. The molecule has 0 aliphatic carbocycles. The fraction of sp³-hybridized carbons (Fsp3) is 0.857. The number of hydrogen-bond acceptors (Lipinski definition) is 5. The summed E-state index contributed by atoms with van der Waals surface area (Å²) in [5.74, 6) is -0.433.